The van der Waals surface area contributed by atoms with E-state index in [0.717, 1.165) is 56.0 Å². The second-order valence-corrected chi connectivity index (χ2v) is 9.32. The zero-order valence-electron chi connectivity index (χ0n) is 19.5. The molecule has 0 spiro atoms. The van der Waals surface area contributed by atoms with E-state index in [4.69, 9.17) is 5.26 Å². The third kappa shape index (κ3) is 6.15. The van der Waals surface area contributed by atoms with Gasteiger partial charge >= 0.3 is 0 Å². The lowest BCUT2D eigenvalue weighted by Gasteiger charge is -2.30. The molecule has 1 aliphatic rings. The van der Waals surface area contributed by atoms with Crippen LogP contribution in [0.2, 0.25) is 0 Å². The Morgan fingerprint density at radius 3 is 3.03 bits per heavy atom. The van der Waals surface area contributed by atoms with E-state index in [0.29, 0.717) is 29.9 Å². The zero-order valence-corrected chi connectivity index (χ0v) is 20.3. The first-order valence-corrected chi connectivity index (χ1v) is 12.3. The number of nitriles is 1. The summed E-state index contributed by atoms with van der Waals surface area (Å²) in [5.74, 6) is 0.533. The Morgan fingerprint density at radius 1 is 1.35 bits per heavy atom. The molecule has 1 saturated heterocycles. The molecule has 34 heavy (non-hydrogen) atoms. The van der Waals surface area contributed by atoms with Crippen molar-refractivity contribution in [3.8, 4) is 6.07 Å². The van der Waals surface area contributed by atoms with Crippen LogP contribution in [0.3, 0.4) is 0 Å². The monoisotopic (exact) mass is 479 g/mol. The molecule has 0 radical (unpaired) electrons. The number of piperidine rings is 1. The maximum atomic E-state index is 12.5. The highest BCUT2D eigenvalue weighted by Crippen LogP contribution is 2.26. The van der Waals surface area contributed by atoms with Crippen LogP contribution in [0.15, 0.2) is 23.7 Å². The smallest absolute Gasteiger partial charge is 0.270 e. The van der Waals surface area contributed by atoms with Crippen LogP contribution in [0.4, 0.5) is 11.1 Å². The van der Waals surface area contributed by atoms with Gasteiger partial charge in [-0.1, -0.05) is 0 Å². The van der Waals surface area contributed by atoms with E-state index < -0.39 is 0 Å². The van der Waals surface area contributed by atoms with E-state index >= 15 is 0 Å². The maximum absolute atomic E-state index is 12.5. The van der Waals surface area contributed by atoms with E-state index in [1.165, 1.54) is 11.3 Å². The van der Waals surface area contributed by atoms with Crippen LogP contribution >= 0.6 is 11.3 Å². The van der Waals surface area contributed by atoms with Crippen molar-refractivity contribution in [2.75, 3.05) is 31.5 Å². The minimum atomic E-state index is -0.202. The fourth-order valence-electron chi connectivity index (χ4n) is 4.15. The van der Waals surface area contributed by atoms with Crippen molar-refractivity contribution < 1.29 is 4.79 Å². The predicted molar refractivity (Wildman–Crippen MR) is 130 cm³/mol. The van der Waals surface area contributed by atoms with Crippen LogP contribution in [0.25, 0.3) is 0 Å². The van der Waals surface area contributed by atoms with E-state index in [9.17, 15) is 4.79 Å². The molecule has 10 nitrogen and oxygen atoms in total. The van der Waals surface area contributed by atoms with E-state index in [-0.39, 0.29) is 11.8 Å². The summed E-state index contributed by atoms with van der Waals surface area (Å²) in [6, 6.07) is 6.20. The van der Waals surface area contributed by atoms with Gasteiger partial charge in [-0.25, -0.2) is 15.0 Å². The van der Waals surface area contributed by atoms with Crippen molar-refractivity contribution in [2.24, 2.45) is 0 Å². The molecule has 1 amide bonds. The molecule has 4 rings (SSSR count). The Kier molecular flexibility index (Phi) is 7.82. The topological polar surface area (TPSA) is 125 Å². The first-order valence-electron chi connectivity index (χ1n) is 11.5. The van der Waals surface area contributed by atoms with Gasteiger partial charge in [-0.15, -0.1) is 11.3 Å². The lowest BCUT2D eigenvalue weighted by Crippen LogP contribution is -2.34. The van der Waals surface area contributed by atoms with Crippen molar-refractivity contribution in [2.45, 2.75) is 45.6 Å². The molecule has 0 aromatic carbocycles. The number of hydrogen-bond acceptors (Lipinski definition) is 9. The van der Waals surface area contributed by atoms with Crippen LogP contribution in [-0.4, -0.2) is 61.7 Å². The number of aryl methyl sites for hydroxylation is 3. The van der Waals surface area contributed by atoms with Gasteiger partial charge in [0, 0.05) is 42.8 Å². The highest BCUT2D eigenvalue weighted by atomic mass is 32.1. The van der Waals surface area contributed by atoms with Gasteiger partial charge in [0.25, 0.3) is 5.91 Å². The second kappa shape index (κ2) is 11.2. The summed E-state index contributed by atoms with van der Waals surface area (Å²) in [5, 5.41) is 21.7. The molecule has 0 bridgehead atoms. The standard InChI is InChI=1S/C23H29N9OS/c1-16-13-17(2)32(30-16)11-4-8-25-21(33)20-15-34-23(28-20)29-22-26-9-6-19(27-22)18-5-3-10-31(14-18)12-7-24/h6,9,13,15,18H,3-5,8,10-12,14H2,1-2H3,(H,25,33)(H,26,27,28,29)/t18-/m1/s1. The fraction of sp³-hybridized carbons (Fsp3) is 0.478. The van der Waals surface area contributed by atoms with Crippen molar-refractivity contribution in [3.63, 3.8) is 0 Å². The molecule has 0 aliphatic carbocycles. The number of rotatable bonds is 9. The highest BCUT2D eigenvalue weighted by molar-refractivity contribution is 7.14. The molecule has 1 aliphatic heterocycles. The van der Waals surface area contributed by atoms with Crippen molar-refractivity contribution in [3.05, 3.63) is 46.5 Å². The average molecular weight is 480 g/mol. The number of amides is 1. The highest BCUT2D eigenvalue weighted by Gasteiger charge is 2.22. The normalized spacial score (nSPS) is 16.2. The Labute approximate surface area is 203 Å². The Hall–Kier alpha value is -3.36. The molecule has 3 aromatic rings. The first kappa shape index (κ1) is 23.8. The van der Waals surface area contributed by atoms with Crippen molar-refractivity contribution in [1.29, 1.82) is 5.26 Å². The Morgan fingerprint density at radius 2 is 2.24 bits per heavy atom. The van der Waals surface area contributed by atoms with Gasteiger partial charge < -0.3 is 10.6 Å². The second-order valence-electron chi connectivity index (χ2n) is 8.46. The predicted octanol–water partition coefficient (Wildman–Crippen LogP) is 3.01. The van der Waals surface area contributed by atoms with Gasteiger partial charge in [0.2, 0.25) is 5.95 Å². The SMILES string of the molecule is Cc1cc(C)n(CCCNC(=O)c2csc(Nc3nccc([C@@H]4CCCN(CC#N)C4)n3)n2)n1. The van der Waals surface area contributed by atoms with Gasteiger partial charge in [-0.05, 0) is 51.8 Å². The van der Waals surface area contributed by atoms with Crippen molar-refractivity contribution >= 4 is 28.3 Å². The van der Waals surface area contributed by atoms with E-state index in [2.05, 4.69) is 41.7 Å². The molecule has 1 atom stereocenters. The van der Waals surface area contributed by atoms with Crippen LogP contribution in [-0.2, 0) is 6.54 Å². The van der Waals surface area contributed by atoms with Crippen molar-refractivity contribution in [1.82, 2.24) is 34.9 Å². The number of nitrogens with zero attached hydrogens (tertiary/aromatic N) is 7. The molecule has 0 saturated carbocycles. The summed E-state index contributed by atoms with van der Waals surface area (Å²) < 4.78 is 1.95. The third-order valence-corrected chi connectivity index (χ3v) is 6.54. The molecule has 3 aromatic heterocycles. The summed E-state index contributed by atoms with van der Waals surface area (Å²) in [4.78, 5) is 28.0. The summed E-state index contributed by atoms with van der Waals surface area (Å²) in [5.41, 5.74) is 3.44. The van der Waals surface area contributed by atoms with Crippen LogP contribution in [0.1, 0.15) is 52.8 Å². The zero-order chi connectivity index (χ0) is 23.9. The van der Waals surface area contributed by atoms with Crippen LogP contribution in [0.5, 0.6) is 0 Å². The number of carbonyl (C=O) groups is 1. The van der Waals surface area contributed by atoms with Gasteiger partial charge in [-0.3, -0.25) is 14.4 Å². The summed E-state index contributed by atoms with van der Waals surface area (Å²) >= 11 is 1.34. The quantitative estimate of drug-likeness (QED) is 0.354. The minimum Gasteiger partial charge on any atom is -0.351 e. The molecule has 2 N–H and O–H groups in total. The number of hydrogen-bond donors (Lipinski definition) is 2. The van der Waals surface area contributed by atoms with Gasteiger partial charge in [0.15, 0.2) is 5.13 Å². The van der Waals surface area contributed by atoms with Crippen LogP contribution in [0, 0.1) is 25.2 Å². The number of aromatic nitrogens is 5. The molecular weight excluding hydrogens is 450 g/mol. The van der Waals surface area contributed by atoms with Gasteiger partial charge in [0.1, 0.15) is 5.69 Å². The summed E-state index contributed by atoms with van der Waals surface area (Å²) in [6.45, 7) is 7.53. The summed E-state index contributed by atoms with van der Waals surface area (Å²) in [6.07, 6.45) is 4.61. The minimum absolute atomic E-state index is 0.202. The first-order chi connectivity index (χ1) is 16.5. The number of likely N-dealkylation sites (tertiary alicyclic amines) is 1. The largest absolute Gasteiger partial charge is 0.351 e. The number of thiazole rings is 1. The number of anilines is 2. The molecular formula is C23H29N9OS. The average Bonchev–Trinajstić information content (AvgIpc) is 3.42. The van der Waals surface area contributed by atoms with Crippen LogP contribution < -0.4 is 10.6 Å². The molecule has 178 valence electrons. The lowest BCUT2D eigenvalue weighted by molar-refractivity contribution is 0.0948. The lowest BCUT2D eigenvalue weighted by atomic mass is 9.94. The number of carbonyl (C=O) groups excluding carboxylic acids is 1. The summed E-state index contributed by atoms with van der Waals surface area (Å²) in [7, 11) is 0. The Balaban J connectivity index is 1.28. The molecule has 1 fully saturated rings. The van der Waals surface area contributed by atoms with E-state index in [1.807, 2.05) is 30.7 Å². The Bertz CT molecular complexity index is 1170. The molecule has 11 heteroatoms. The van der Waals surface area contributed by atoms with Gasteiger partial charge in [-0.2, -0.15) is 10.4 Å². The molecule has 0 unspecified atom stereocenters. The van der Waals surface area contributed by atoms with Gasteiger partial charge in [0.05, 0.1) is 24.0 Å². The number of nitrogens with one attached hydrogen (secondary N) is 2. The molecule has 4 heterocycles. The fourth-order valence-corrected chi connectivity index (χ4v) is 4.84. The third-order valence-electron chi connectivity index (χ3n) is 5.79. The van der Waals surface area contributed by atoms with E-state index in [1.54, 1.807) is 11.6 Å². The maximum Gasteiger partial charge on any atom is 0.270 e.